The van der Waals surface area contributed by atoms with Gasteiger partial charge in [-0.25, -0.2) is 0 Å². The Morgan fingerprint density at radius 3 is 1.04 bits per heavy atom. The molecule has 3 N–H and O–H groups in total. The van der Waals surface area contributed by atoms with E-state index in [1.807, 2.05) is 0 Å². The molecule has 0 saturated heterocycles. The first-order chi connectivity index (χ1) is 33.5. The molecule has 0 saturated carbocycles. The number of carbonyl (C=O) groups excluding carboxylic acids is 2. The molecule has 0 spiro atoms. The molecular weight excluding hydrogens is 839 g/mol. The van der Waals surface area contributed by atoms with E-state index in [1.165, 1.54) is 276 Å². The molecule has 6 nitrogen and oxygen atoms in total. The first-order valence-electron chi connectivity index (χ1n) is 30.9. The van der Waals surface area contributed by atoms with Crippen molar-refractivity contribution in [1.82, 2.24) is 5.32 Å². The summed E-state index contributed by atoms with van der Waals surface area (Å²) in [4.78, 5) is 24.5. The van der Waals surface area contributed by atoms with Crippen molar-refractivity contribution < 1.29 is 24.5 Å². The van der Waals surface area contributed by atoms with Gasteiger partial charge in [-0.3, -0.25) is 9.59 Å². The molecule has 0 aromatic rings. The van der Waals surface area contributed by atoms with E-state index < -0.39 is 12.1 Å². The van der Waals surface area contributed by atoms with E-state index in [0.29, 0.717) is 25.9 Å². The summed E-state index contributed by atoms with van der Waals surface area (Å²) in [7, 11) is 0. The van der Waals surface area contributed by atoms with Gasteiger partial charge in [0.25, 0.3) is 0 Å². The molecule has 0 aliphatic rings. The van der Waals surface area contributed by atoms with E-state index in [4.69, 9.17) is 4.74 Å². The summed E-state index contributed by atoms with van der Waals surface area (Å²) >= 11 is 0. The van der Waals surface area contributed by atoms with Crippen molar-refractivity contribution in [3.05, 3.63) is 12.2 Å². The Balaban J connectivity index is 3.37. The summed E-state index contributed by atoms with van der Waals surface area (Å²) in [5.41, 5.74) is 0. The molecule has 0 rings (SSSR count). The number of aliphatic hydroxyl groups is 2. The number of carbonyl (C=O) groups is 2. The van der Waals surface area contributed by atoms with Crippen LogP contribution >= 0.6 is 0 Å². The Kier molecular flexibility index (Phi) is 57.0. The van der Waals surface area contributed by atoms with Gasteiger partial charge in [-0.2, -0.15) is 0 Å². The number of hydrogen-bond acceptors (Lipinski definition) is 5. The highest BCUT2D eigenvalue weighted by molar-refractivity contribution is 5.76. The lowest BCUT2D eigenvalue weighted by molar-refractivity contribution is -0.143. The lowest BCUT2D eigenvalue weighted by Crippen LogP contribution is -2.45. The lowest BCUT2D eigenvalue weighted by Gasteiger charge is -2.22. The second kappa shape index (κ2) is 58.2. The molecule has 404 valence electrons. The van der Waals surface area contributed by atoms with Crippen molar-refractivity contribution in [2.45, 2.75) is 360 Å². The topological polar surface area (TPSA) is 95.9 Å². The van der Waals surface area contributed by atoms with Gasteiger partial charge in [0.1, 0.15) is 0 Å². The van der Waals surface area contributed by atoms with Gasteiger partial charge in [-0.1, -0.05) is 296 Å². The van der Waals surface area contributed by atoms with Gasteiger partial charge in [0.15, 0.2) is 0 Å². The third-order valence-corrected chi connectivity index (χ3v) is 14.6. The second-order valence-corrected chi connectivity index (χ2v) is 21.4. The Bertz CT molecular complexity index is 1020. The summed E-state index contributed by atoms with van der Waals surface area (Å²) in [5.74, 6) is -0.0288. The minimum atomic E-state index is -0.667. The van der Waals surface area contributed by atoms with Crippen molar-refractivity contribution in [1.29, 1.82) is 0 Å². The number of esters is 1. The normalized spacial score (nSPS) is 12.6. The number of nitrogens with one attached hydrogen (secondary N) is 1. The highest BCUT2D eigenvalue weighted by Crippen LogP contribution is 2.18. The van der Waals surface area contributed by atoms with Crippen LogP contribution in [-0.4, -0.2) is 47.4 Å². The quantitative estimate of drug-likeness (QED) is 0.0321. The molecule has 0 aromatic heterocycles. The molecule has 0 heterocycles. The fraction of sp³-hybridized carbons (Fsp3) is 0.935. The highest BCUT2D eigenvalue weighted by atomic mass is 16.5. The molecule has 6 heteroatoms. The van der Waals surface area contributed by atoms with Gasteiger partial charge >= 0.3 is 5.97 Å². The largest absolute Gasteiger partial charge is 0.466 e. The second-order valence-electron chi connectivity index (χ2n) is 21.4. The van der Waals surface area contributed by atoms with Crippen molar-refractivity contribution in [3.8, 4) is 0 Å². The minimum absolute atomic E-state index is 0.0135. The number of aliphatic hydroxyl groups excluding tert-OH is 2. The first kappa shape index (κ1) is 66.6. The van der Waals surface area contributed by atoms with Crippen molar-refractivity contribution in [3.63, 3.8) is 0 Å². The molecule has 0 fully saturated rings. The third kappa shape index (κ3) is 53.9. The lowest BCUT2D eigenvalue weighted by atomic mass is 10.0. The van der Waals surface area contributed by atoms with Crippen LogP contribution in [0.5, 0.6) is 0 Å². The monoisotopic (exact) mass is 960 g/mol. The predicted molar refractivity (Wildman–Crippen MR) is 297 cm³/mol. The summed E-state index contributed by atoms with van der Waals surface area (Å²) in [6, 6.07) is -0.545. The van der Waals surface area contributed by atoms with E-state index in [-0.39, 0.29) is 18.5 Å². The molecule has 0 aromatic carbocycles. The van der Waals surface area contributed by atoms with Crippen LogP contribution in [0, 0.1) is 0 Å². The van der Waals surface area contributed by atoms with Crippen LogP contribution in [0.15, 0.2) is 12.2 Å². The number of rotatable bonds is 58. The molecule has 0 aliphatic carbocycles. The molecular formula is C62H121NO5. The fourth-order valence-electron chi connectivity index (χ4n) is 9.81. The van der Waals surface area contributed by atoms with Gasteiger partial charge < -0.3 is 20.3 Å². The van der Waals surface area contributed by atoms with E-state index in [2.05, 4.69) is 31.3 Å². The Morgan fingerprint density at radius 1 is 0.397 bits per heavy atom. The maximum atomic E-state index is 12.4. The van der Waals surface area contributed by atoms with E-state index in [1.54, 1.807) is 0 Å². The van der Waals surface area contributed by atoms with Crippen LogP contribution < -0.4 is 5.32 Å². The summed E-state index contributed by atoms with van der Waals surface area (Å²) in [6.07, 6.45) is 69.4. The summed E-state index contributed by atoms with van der Waals surface area (Å²) in [5, 5.41) is 23.2. The maximum Gasteiger partial charge on any atom is 0.305 e. The first-order valence-corrected chi connectivity index (χ1v) is 30.9. The zero-order valence-electron chi connectivity index (χ0n) is 46.1. The number of amides is 1. The zero-order chi connectivity index (χ0) is 49.3. The number of hydrogen-bond donors (Lipinski definition) is 3. The molecule has 68 heavy (non-hydrogen) atoms. The molecule has 0 aliphatic heterocycles. The average molecular weight is 961 g/mol. The smallest absolute Gasteiger partial charge is 0.305 e. The standard InChI is InChI=1S/C62H121NO5/c1-3-5-7-9-11-13-15-16-17-18-22-26-29-32-36-40-44-48-52-56-62(67)68-57-53-49-45-41-37-33-30-27-24-21-19-20-23-25-28-31-35-39-43-47-51-55-61(66)63-59(58-64)60(65)54-50-46-42-38-34-14-12-10-8-6-4-2/h20,23,59-60,64-65H,3-19,21-22,24-58H2,1-2H3,(H,63,66)/b23-20-. The molecule has 2 atom stereocenters. The van der Waals surface area contributed by atoms with Crippen LogP contribution in [0.2, 0.25) is 0 Å². The number of ether oxygens (including phenoxy) is 1. The Morgan fingerprint density at radius 2 is 0.691 bits per heavy atom. The van der Waals surface area contributed by atoms with Crippen LogP contribution in [-0.2, 0) is 14.3 Å². The minimum Gasteiger partial charge on any atom is -0.466 e. The van der Waals surface area contributed by atoms with Crippen LogP contribution in [0.3, 0.4) is 0 Å². The summed E-state index contributed by atoms with van der Waals surface area (Å²) < 4.78 is 5.50. The van der Waals surface area contributed by atoms with Crippen molar-refractivity contribution >= 4 is 11.9 Å². The van der Waals surface area contributed by atoms with Crippen LogP contribution in [0.25, 0.3) is 0 Å². The molecule has 2 unspecified atom stereocenters. The Labute approximate surface area is 425 Å². The zero-order valence-corrected chi connectivity index (χ0v) is 46.1. The third-order valence-electron chi connectivity index (χ3n) is 14.6. The van der Waals surface area contributed by atoms with Gasteiger partial charge in [0, 0.05) is 12.8 Å². The van der Waals surface area contributed by atoms with Crippen LogP contribution in [0.4, 0.5) is 0 Å². The molecule has 0 radical (unpaired) electrons. The SMILES string of the molecule is CCCCCCCCCCCCCCCCCCCCCC(=O)OCCCCCCCCCCCC/C=C\CCCCCCCCCC(=O)NC(CO)C(O)CCCCCCCCCCCCC. The Hall–Kier alpha value is -1.40. The predicted octanol–water partition coefficient (Wildman–Crippen LogP) is 19.2. The number of allylic oxidation sites excluding steroid dienone is 2. The fourth-order valence-corrected chi connectivity index (χ4v) is 9.81. The van der Waals surface area contributed by atoms with Crippen molar-refractivity contribution in [2.75, 3.05) is 13.2 Å². The molecule has 1 amide bonds. The molecule has 0 bridgehead atoms. The summed E-state index contributed by atoms with van der Waals surface area (Å²) in [6.45, 7) is 4.96. The van der Waals surface area contributed by atoms with Gasteiger partial charge in [0.05, 0.1) is 25.4 Å². The maximum absolute atomic E-state index is 12.4. The number of unbranched alkanes of at least 4 members (excludes halogenated alkanes) is 45. The van der Waals surface area contributed by atoms with Crippen LogP contribution in [0.1, 0.15) is 348 Å². The van der Waals surface area contributed by atoms with Gasteiger partial charge in [-0.15, -0.1) is 0 Å². The van der Waals surface area contributed by atoms with Gasteiger partial charge in [0.2, 0.25) is 5.91 Å². The van der Waals surface area contributed by atoms with Crippen molar-refractivity contribution in [2.24, 2.45) is 0 Å². The van der Waals surface area contributed by atoms with E-state index >= 15 is 0 Å². The average Bonchev–Trinajstić information content (AvgIpc) is 3.34. The van der Waals surface area contributed by atoms with E-state index in [9.17, 15) is 19.8 Å². The highest BCUT2D eigenvalue weighted by Gasteiger charge is 2.20. The van der Waals surface area contributed by atoms with E-state index in [0.717, 1.165) is 38.5 Å². The van der Waals surface area contributed by atoms with Gasteiger partial charge in [-0.05, 0) is 51.4 Å².